The molecule has 0 aliphatic carbocycles. The summed E-state index contributed by atoms with van der Waals surface area (Å²) in [6, 6.07) is 9.46. The van der Waals surface area contributed by atoms with E-state index in [4.69, 9.17) is 4.74 Å². The molecule has 1 aromatic carbocycles. The third-order valence-corrected chi connectivity index (χ3v) is 4.07. The van der Waals surface area contributed by atoms with Crippen LogP contribution in [0.4, 0.5) is 5.69 Å². The van der Waals surface area contributed by atoms with Gasteiger partial charge in [-0.25, -0.2) is 4.99 Å². The van der Waals surface area contributed by atoms with Gasteiger partial charge in [0.05, 0.1) is 12.1 Å². The summed E-state index contributed by atoms with van der Waals surface area (Å²) in [6.07, 6.45) is 3.40. The average Bonchev–Trinajstić information content (AvgIpc) is 3.17. The van der Waals surface area contributed by atoms with Crippen LogP contribution in [0, 0.1) is 0 Å². The highest BCUT2D eigenvalue weighted by Gasteiger charge is 2.16. The summed E-state index contributed by atoms with van der Waals surface area (Å²) in [5.41, 5.74) is 1.46. The molecule has 3 N–H and O–H groups in total. The highest BCUT2D eigenvalue weighted by molar-refractivity contribution is 14.0. The molecule has 0 aliphatic rings. The number of nitrogens with one attached hydrogen (secondary N) is 3. The molecule has 8 nitrogen and oxygen atoms in total. The van der Waals surface area contributed by atoms with Crippen LogP contribution >= 0.6 is 24.0 Å². The van der Waals surface area contributed by atoms with Gasteiger partial charge in [-0.2, -0.15) is 5.10 Å². The van der Waals surface area contributed by atoms with Crippen LogP contribution in [0.5, 0.6) is 0 Å². The van der Waals surface area contributed by atoms with Gasteiger partial charge >= 0.3 is 0 Å². The number of guanidine groups is 1. The highest BCUT2D eigenvalue weighted by Crippen LogP contribution is 2.12. The monoisotopic (exact) mass is 514 g/mol. The normalized spacial score (nSPS) is 11.5. The first-order valence-corrected chi connectivity index (χ1v) is 9.35. The molecular weight excluding hydrogens is 483 g/mol. The highest BCUT2D eigenvalue weighted by atomic mass is 127. The Morgan fingerprint density at radius 2 is 2.07 bits per heavy atom. The first-order valence-electron chi connectivity index (χ1n) is 9.35. The fourth-order valence-electron chi connectivity index (χ4n) is 2.37. The largest absolute Gasteiger partial charge is 0.377 e. The summed E-state index contributed by atoms with van der Waals surface area (Å²) in [5, 5.41) is 13.4. The van der Waals surface area contributed by atoms with Crippen LogP contribution in [0.2, 0.25) is 0 Å². The van der Waals surface area contributed by atoms with Crippen LogP contribution in [0.3, 0.4) is 0 Å². The van der Waals surface area contributed by atoms with Crippen molar-refractivity contribution in [2.24, 2.45) is 4.99 Å². The molecular formula is C20H31IN6O2. The van der Waals surface area contributed by atoms with Gasteiger partial charge in [0.1, 0.15) is 6.54 Å². The van der Waals surface area contributed by atoms with Gasteiger partial charge in [0.15, 0.2) is 5.96 Å². The van der Waals surface area contributed by atoms with Gasteiger partial charge in [0, 0.05) is 38.3 Å². The number of methoxy groups -OCH3 is 1. The Kier molecular flexibility index (Phi) is 10.7. The van der Waals surface area contributed by atoms with Crippen LogP contribution in [0.15, 0.2) is 47.7 Å². The molecule has 2 aromatic rings. The van der Waals surface area contributed by atoms with E-state index < -0.39 is 0 Å². The molecule has 0 bridgehead atoms. The molecule has 0 fully saturated rings. The first kappa shape index (κ1) is 24.9. The van der Waals surface area contributed by atoms with Gasteiger partial charge in [0.2, 0.25) is 5.91 Å². The number of aliphatic imine (C=N–C) groups is 1. The second-order valence-corrected chi connectivity index (χ2v) is 6.96. The second kappa shape index (κ2) is 12.4. The lowest BCUT2D eigenvalue weighted by molar-refractivity contribution is -0.116. The summed E-state index contributed by atoms with van der Waals surface area (Å²) in [4.78, 5) is 16.7. The molecule has 1 amide bonds. The summed E-state index contributed by atoms with van der Waals surface area (Å²) in [5.74, 6) is 0.599. The molecule has 29 heavy (non-hydrogen) atoms. The van der Waals surface area contributed by atoms with Gasteiger partial charge in [-0.1, -0.05) is 12.1 Å². The number of ether oxygens (including phenoxy) is 1. The summed E-state index contributed by atoms with van der Waals surface area (Å²) in [7, 11) is 1.69. The fourth-order valence-corrected chi connectivity index (χ4v) is 2.37. The van der Waals surface area contributed by atoms with E-state index >= 15 is 0 Å². The van der Waals surface area contributed by atoms with Gasteiger partial charge in [0.25, 0.3) is 0 Å². The molecule has 0 unspecified atom stereocenters. The van der Waals surface area contributed by atoms with E-state index in [1.807, 2.05) is 45.0 Å². The lowest BCUT2D eigenvalue weighted by Gasteiger charge is -2.24. The number of aromatic nitrogens is 2. The number of halogens is 1. The number of amides is 1. The summed E-state index contributed by atoms with van der Waals surface area (Å²) >= 11 is 0. The Morgan fingerprint density at radius 1 is 1.28 bits per heavy atom. The number of hydrogen-bond donors (Lipinski definition) is 3. The van der Waals surface area contributed by atoms with Gasteiger partial charge in [-0.15, -0.1) is 24.0 Å². The zero-order valence-electron chi connectivity index (χ0n) is 17.4. The lowest BCUT2D eigenvalue weighted by atomic mass is 10.1. The van der Waals surface area contributed by atoms with Crippen LogP contribution in [-0.4, -0.2) is 47.4 Å². The predicted octanol–water partition coefficient (Wildman–Crippen LogP) is 2.62. The van der Waals surface area contributed by atoms with E-state index in [1.165, 1.54) is 0 Å². The molecule has 0 saturated carbocycles. The van der Waals surface area contributed by atoms with E-state index in [2.05, 4.69) is 26.0 Å². The SMILES string of the molecule is CCNC(=NCc1cccc(NC(=O)Cn2cccn2)c1)NCC(C)(C)OC.I. The third-order valence-electron chi connectivity index (χ3n) is 4.07. The minimum Gasteiger partial charge on any atom is -0.377 e. The Hall–Kier alpha value is -2.14. The molecule has 2 rings (SSSR count). The van der Waals surface area contributed by atoms with Crippen molar-refractivity contribution in [2.45, 2.75) is 39.5 Å². The first-order chi connectivity index (χ1) is 13.4. The molecule has 1 heterocycles. The minimum absolute atomic E-state index is 0. The fraction of sp³-hybridized carbons (Fsp3) is 0.450. The molecule has 9 heteroatoms. The van der Waals surface area contributed by atoms with Gasteiger partial charge < -0.3 is 20.7 Å². The Balaban J connectivity index is 0.00000420. The Bertz CT molecular complexity index is 777. The molecule has 0 atom stereocenters. The predicted molar refractivity (Wildman–Crippen MR) is 127 cm³/mol. The van der Waals surface area contributed by atoms with Crippen molar-refractivity contribution in [3.05, 3.63) is 48.3 Å². The van der Waals surface area contributed by atoms with E-state index in [1.54, 1.807) is 30.3 Å². The number of carbonyl (C=O) groups is 1. The van der Waals surface area contributed by atoms with Gasteiger partial charge in [-0.05, 0) is 44.5 Å². The third kappa shape index (κ3) is 9.27. The van der Waals surface area contributed by atoms with Crippen molar-refractivity contribution < 1.29 is 9.53 Å². The van der Waals surface area contributed by atoms with Crippen LogP contribution in [0.25, 0.3) is 0 Å². The van der Waals surface area contributed by atoms with E-state index in [0.29, 0.717) is 13.1 Å². The minimum atomic E-state index is -0.283. The number of hydrogen-bond acceptors (Lipinski definition) is 4. The zero-order valence-corrected chi connectivity index (χ0v) is 19.8. The van der Waals surface area contributed by atoms with Crippen LogP contribution in [-0.2, 0) is 22.6 Å². The van der Waals surface area contributed by atoms with Crippen LogP contribution < -0.4 is 16.0 Å². The maximum atomic E-state index is 12.1. The standard InChI is InChI=1S/C20H30N6O2.HI/c1-5-21-19(23-15-20(2,3)28-4)22-13-16-8-6-9-17(12-16)25-18(27)14-26-11-7-10-24-26;/h6-12H,5,13-15H2,1-4H3,(H,25,27)(H2,21,22,23);1H. The number of rotatable bonds is 9. The Morgan fingerprint density at radius 3 is 2.72 bits per heavy atom. The quantitative estimate of drug-likeness (QED) is 0.272. The topological polar surface area (TPSA) is 92.6 Å². The average molecular weight is 514 g/mol. The maximum absolute atomic E-state index is 12.1. The molecule has 0 aliphatic heterocycles. The van der Waals surface area contributed by atoms with Crippen molar-refractivity contribution in [3.63, 3.8) is 0 Å². The van der Waals surface area contributed by atoms with Crippen molar-refractivity contribution >= 4 is 41.5 Å². The van der Waals surface area contributed by atoms with E-state index in [9.17, 15) is 4.79 Å². The lowest BCUT2D eigenvalue weighted by Crippen LogP contribution is -2.45. The zero-order chi connectivity index (χ0) is 20.4. The molecule has 160 valence electrons. The molecule has 0 saturated heterocycles. The molecule has 1 aromatic heterocycles. The second-order valence-electron chi connectivity index (χ2n) is 6.96. The number of benzene rings is 1. The summed E-state index contributed by atoms with van der Waals surface area (Å²) in [6.45, 7) is 8.12. The summed E-state index contributed by atoms with van der Waals surface area (Å²) < 4.78 is 7.01. The van der Waals surface area contributed by atoms with Crippen LogP contribution in [0.1, 0.15) is 26.3 Å². The number of carbonyl (C=O) groups excluding carboxylic acids is 1. The smallest absolute Gasteiger partial charge is 0.246 e. The Labute approximate surface area is 189 Å². The number of nitrogens with zero attached hydrogens (tertiary/aromatic N) is 3. The molecule has 0 radical (unpaired) electrons. The van der Waals surface area contributed by atoms with E-state index in [0.717, 1.165) is 23.8 Å². The molecule has 0 spiro atoms. The van der Waals surface area contributed by atoms with E-state index in [-0.39, 0.29) is 42.0 Å². The van der Waals surface area contributed by atoms with Gasteiger partial charge in [-0.3, -0.25) is 9.48 Å². The maximum Gasteiger partial charge on any atom is 0.246 e. The van der Waals surface area contributed by atoms with Crippen molar-refractivity contribution in [2.75, 3.05) is 25.5 Å². The van der Waals surface area contributed by atoms with Crippen molar-refractivity contribution in [1.29, 1.82) is 0 Å². The van der Waals surface area contributed by atoms with Crippen molar-refractivity contribution in [1.82, 2.24) is 20.4 Å². The number of anilines is 1. The van der Waals surface area contributed by atoms with Crippen molar-refractivity contribution in [3.8, 4) is 0 Å².